The fourth-order valence-electron chi connectivity index (χ4n) is 4.07. The van der Waals surface area contributed by atoms with Crippen LogP contribution in [0.2, 0.25) is 0 Å². The molecular formula is C20H24N4O. The Kier molecular flexibility index (Phi) is 4.25. The van der Waals surface area contributed by atoms with E-state index in [9.17, 15) is 4.79 Å². The smallest absolute Gasteiger partial charge is 0.227 e. The summed E-state index contributed by atoms with van der Waals surface area (Å²) in [4.78, 5) is 24.1. The number of carbonyl (C=O) groups excluding carboxylic acids is 1. The zero-order chi connectivity index (χ0) is 17.3. The van der Waals surface area contributed by atoms with Crippen molar-refractivity contribution in [2.45, 2.75) is 32.7 Å². The molecule has 1 aromatic heterocycles. The topological polar surface area (TPSA) is 58.1 Å². The molecule has 1 spiro atoms. The number of benzene rings is 1. The van der Waals surface area contributed by atoms with Crippen LogP contribution in [0.1, 0.15) is 30.8 Å². The third-order valence-electron chi connectivity index (χ3n) is 5.37. The predicted octanol–water partition coefficient (Wildman–Crippen LogP) is 2.55. The number of hydrogen-bond donors (Lipinski definition) is 1. The van der Waals surface area contributed by atoms with Crippen LogP contribution < -0.4 is 5.32 Å². The van der Waals surface area contributed by atoms with Crippen LogP contribution in [0.4, 0.5) is 0 Å². The first kappa shape index (κ1) is 16.2. The Balaban J connectivity index is 1.52. The van der Waals surface area contributed by atoms with Gasteiger partial charge >= 0.3 is 0 Å². The van der Waals surface area contributed by atoms with Crippen molar-refractivity contribution in [3.63, 3.8) is 0 Å². The predicted molar refractivity (Wildman–Crippen MR) is 96.8 cm³/mol. The van der Waals surface area contributed by atoms with Gasteiger partial charge in [0.25, 0.3) is 0 Å². The van der Waals surface area contributed by atoms with Crippen LogP contribution in [0, 0.1) is 12.3 Å². The number of aryl methyl sites for hydroxylation is 1. The lowest BCUT2D eigenvalue weighted by atomic mass is 9.79. The lowest BCUT2D eigenvalue weighted by molar-refractivity contribution is -0.132. The summed E-state index contributed by atoms with van der Waals surface area (Å²) in [5.41, 5.74) is 2.86. The summed E-state index contributed by atoms with van der Waals surface area (Å²) in [7, 11) is 0. The Bertz CT molecular complexity index is 777. The van der Waals surface area contributed by atoms with Crippen LogP contribution in [0.25, 0.3) is 11.3 Å². The van der Waals surface area contributed by atoms with E-state index < -0.39 is 0 Å². The van der Waals surface area contributed by atoms with Crippen LogP contribution in [0.3, 0.4) is 0 Å². The number of piperidine rings is 1. The summed E-state index contributed by atoms with van der Waals surface area (Å²) in [5, 5.41) is 3.04. The monoisotopic (exact) mass is 336 g/mol. The van der Waals surface area contributed by atoms with Gasteiger partial charge in [0.15, 0.2) is 0 Å². The molecule has 1 N–H and O–H groups in total. The van der Waals surface area contributed by atoms with Crippen molar-refractivity contribution in [1.82, 2.24) is 20.2 Å². The van der Waals surface area contributed by atoms with Crippen molar-refractivity contribution in [2.24, 2.45) is 5.41 Å². The van der Waals surface area contributed by atoms with Crippen LogP contribution in [-0.4, -0.2) is 40.4 Å². The first-order chi connectivity index (χ1) is 12.1. The molecule has 1 amide bonds. The molecule has 3 heterocycles. The summed E-state index contributed by atoms with van der Waals surface area (Å²) in [6.45, 7) is 5.29. The minimum atomic E-state index is -0.190. The molecule has 2 fully saturated rings. The average Bonchev–Trinajstić information content (AvgIpc) is 3.01. The largest absolute Gasteiger partial charge is 0.356 e. The first-order valence-electron chi connectivity index (χ1n) is 9.05. The fourth-order valence-corrected chi connectivity index (χ4v) is 4.07. The normalized spacial score (nSPS) is 23.8. The minimum Gasteiger partial charge on any atom is -0.356 e. The van der Waals surface area contributed by atoms with Gasteiger partial charge in [0.2, 0.25) is 5.91 Å². The molecule has 0 aliphatic carbocycles. The second-order valence-electron chi connectivity index (χ2n) is 7.28. The third-order valence-corrected chi connectivity index (χ3v) is 5.37. The maximum absolute atomic E-state index is 12.3. The van der Waals surface area contributed by atoms with E-state index in [1.165, 1.54) is 0 Å². The molecule has 4 rings (SSSR count). The van der Waals surface area contributed by atoms with Crippen molar-refractivity contribution in [2.75, 3.05) is 19.6 Å². The van der Waals surface area contributed by atoms with Crippen molar-refractivity contribution < 1.29 is 4.79 Å². The molecule has 25 heavy (non-hydrogen) atoms. The van der Waals surface area contributed by atoms with Crippen LogP contribution in [-0.2, 0) is 11.3 Å². The Labute approximate surface area is 148 Å². The van der Waals surface area contributed by atoms with Crippen LogP contribution >= 0.6 is 0 Å². The van der Waals surface area contributed by atoms with Crippen molar-refractivity contribution in [3.8, 4) is 11.3 Å². The summed E-state index contributed by atoms with van der Waals surface area (Å²) in [6, 6.07) is 12.2. The Morgan fingerprint density at radius 3 is 2.84 bits per heavy atom. The Hall–Kier alpha value is -2.27. The highest BCUT2D eigenvalue weighted by atomic mass is 16.2. The SMILES string of the molecule is Cc1cc(-c2ccccc2)nc(CN2CCC3(CCCNC3=O)C2)n1. The molecule has 5 nitrogen and oxygen atoms in total. The van der Waals surface area contributed by atoms with E-state index >= 15 is 0 Å². The van der Waals surface area contributed by atoms with Crippen LogP contribution in [0.15, 0.2) is 36.4 Å². The van der Waals surface area contributed by atoms with Crippen molar-refractivity contribution in [1.29, 1.82) is 0 Å². The van der Waals surface area contributed by atoms with Gasteiger partial charge in [0.1, 0.15) is 5.82 Å². The number of carbonyl (C=O) groups is 1. The second-order valence-corrected chi connectivity index (χ2v) is 7.28. The van der Waals surface area contributed by atoms with E-state index in [0.29, 0.717) is 6.54 Å². The van der Waals surface area contributed by atoms with E-state index in [-0.39, 0.29) is 11.3 Å². The van der Waals surface area contributed by atoms with E-state index in [2.05, 4.69) is 27.3 Å². The first-order valence-corrected chi connectivity index (χ1v) is 9.05. The number of nitrogens with one attached hydrogen (secondary N) is 1. The van der Waals surface area contributed by atoms with Crippen molar-refractivity contribution >= 4 is 5.91 Å². The molecule has 0 bridgehead atoms. The molecule has 2 aromatic rings. The molecular weight excluding hydrogens is 312 g/mol. The van der Waals surface area contributed by atoms with E-state index in [1.54, 1.807) is 0 Å². The van der Waals surface area contributed by atoms with Gasteiger partial charge in [-0.2, -0.15) is 0 Å². The molecule has 1 aromatic carbocycles. The standard InChI is InChI=1S/C20H24N4O/c1-15-12-17(16-6-3-2-4-7-16)23-18(22-15)13-24-11-9-20(14-24)8-5-10-21-19(20)25/h2-4,6-7,12H,5,8-11,13-14H2,1H3,(H,21,25). The molecule has 0 radical (unpaired) electrons. The third kappa shape index (κ3) is 3.29. The van der Waals surface area contributed by atoms with Gasteiger partial charge in [-0.1, -0.05) is 30.3 Å². The van der Waals surface area contributed by atoms with Gasteiger partial charge in [-0.3, -0.25) is 9.69 Å². The van der Waals surface area contributed by atoms with Gasteiger partial charge in [-0.05, 0) is 38.8 Å². The van der Waals surface area contributed by atoms with Gasteiger partial charge in [0.05, 0.1) is 17.7 Å². The minimum absolute atomic E-state index is 0.190. The number of likely N-dealkylation sites (tertiary alicyclic amines) is 1. The number of aromatic nitrogens is 2. The fraction of sp³-hybridized carbons (Fsp3) is 0.450. The summed E-state index contributed by atoms with van der Waals surface area (Å²) >= 11 is 0. The molecule has 2 aliphatic rings. The summed E-state index contributed by atoms with van der Waals surface area (Å²) in [6.07, 6.45) is 3.02. The molecule has 2 saturated heterocycles. The highest BCUT2D eigenvalue weighted by molar-refractivity contribution is 5.84. The van der Waals surface area contributed by atoms with E-state index in [1.807, 2.05) is 31.2 Å². The maximum Gasteiger partial charge on any atom is 0.227 e. The van der Waals surface area contributed by atoms with Gasteiger partial charge in [0, 0.05) is 24.3 Å². The lowest BCUT2D eigenvalue weighted by Gasteiger charge is -2.32. The Morgan fingerprint density at radius 1 is 1.20 bits per heavy atom. The summed E-state index contributed by atoms with van der Waals surface area (Å²) in [5.74, 6) is 1.07. The zero-order valence-electron chi connectivity index (χ0n) is 14.7. The van der Waals surface area contributed by atoms with E-state index in [4.69, 9.17) is 4.98 Å². The zero-order valence-corrected chi connectivity index (χ0v) is 14.7. The summed E-state index contributed by atoms with van der Waals surface area (Å²) < 4.78 is 0. The highest BCUT2D eigenvalue weighted by Gasteiger charge is 2.45. The molecule has 0 saturated carbocycles. The number of amides is 1. The molecule has 130 valence electrons. The molecule has 2 aliphatic heterocycles. The quantitative estimate of drug-likeness (QED) is 0.936. The lowest BCUT2D eigenvalue weighted by Crippen LogP contribution is -2.47. The molecule has 1 unspecified atom stereocenters. The van der Waals surface area contributed by atoms with Crippen LogP contribution in [0.5, 0.6) is 0 Å². The van der Waals surface area contributed by atoms with Crippen molar-refractivity contribution in [3.05, 3.63) is 47.9 Å². The maximum atomic E-state index is 12.3. The molecule has 5 heteroatoms. The highest BCUT2D eigenvalue weighted by Crippen LogP contribution is 2.37. The van der Waals surface area contributed by atoms with Gasteiger partial charge in [-0.15, -0.1) is 0 Å². The van der Waals surface area contributed by atoms with Gasteiger partial charge < -0.3 is 5.32 Å². The van der Waals surface area contributed by atoms with E-state index in [0.717, 1.165) is 61.7 Å². The number of hydrogen-bond acceptors (Lipinski definition) is 4. The van der Waals surface area contributed by atoms with Gasteiger partial charge in [-0.25, -0.2) is 9.97 Å². The second kappa shape index (κ2) is 6.56. The number of nitrogens with zero attached hydrogens (tertiary/aromatic N) is 3. The number of rotatable bonds is 3. The molecule has 1 atom stereocenters. The Morgan fingerprint density at radius 2 is 2.04 bits per heavy atom. The average molecular weight is 336 g/mol.